The van der Waals surface area contributed by atoms with Gasteiger partial charge in [0.05, 0.1) is 21.3 Å². The number of methoxy groups -OCH3 is 3. The maximum Gasteiger partial charge on any atom is 2.00 e. The summed E-state index contributed by atoms with van der Waals surface area (Å²) in [6.07, 6.45) is 0. The van der Waals surface area contributed by atoms with Gasteiger partial charge in [0.1, 0.15) is 17.2 Å². The van der Waals surface area contributed by atoms with Crippen molar-refractivity contribution in [1.29, 1.82) is 0 Å². The zero-order chi connectivity index (χ0) is 17.5. The van der Waals surface area contributed by atoms with Crippen molar-refractivity contribution < 1.29 is 39.0 Å². The molecule has 0 bridgehead atoms. The van der Waals surface area contributed by atoms with Crippen LogP contribution in [0.2, 0.25) is 0 Å². The number of para-hydroxylation sites is 3. The van der Waals surface area contributed by atoms with Crippen molar-refractivity contribution in [2.24, 2.45) is 0 Å². The molecule has 0 saturated heterocycles. The van der Waals surface area contributed by atoms with E-state index in [0.29, 0.717) is 0 Å². The predicted molar refractivity (Wildman–Crippen MR) is 105 cm³/mol. The molecule has 3 rings (SSSR count). The van der Waals surface area contributed by atoms with Gasteiger partial charge in [-0.2, -0.15) is 0 Å². The number of hydrogen-bond acceptors (Lipinski definition) is 3. The SMILES string of the molecule is COc1ccccc1.COc1ccccc1.COc1ccccc1.[Bi+2].[Cl-].[Cl-]. The summed E-state index contributed by atoms with van der Waals surface area (Å²) in [5, 5.41) is 0. The van der Waals surface area contributed by atoms with E-state index in [1.54, 1.807) is 21.3 Å². The van der Waals surface area contributed by atoms with Gasteiger partial charge in [-0.1, -0.05) is 54.6 Å². The first kappa shape index (κ1) is 30.3. The van der Waals surface area contributed by atoms with Crippen LogP contribution in [0.1, 0.15) is 0 Å². The molecule has 6 heteroatoms. The van der Waals surface area contributed by atoms with Gasteiger partial charge in [0.2, 0.25) is 0 Å². The Kier molecular flexibility index (Phi) is 23.3. The normalized spacial score (nSPS) is 7.67. The fourth-order valence-corrected chi connectivity index (χ4v) is 1.67. The molecule has 0 heterocycles. The van der Waals surface area contributed by atoms with Gasteiger partial charge >= 0.3 is 26.2 Å². The third kappa shape index (κ3) is 15.3. The fourth-order valence-electron chi connectivity index (χ4n) is 1.67. The van der Waals surface area contributed by atoms with E-state index in [0.717, 1.165) is 17.2 Å². The Balaban J connectivity index is -0.000000303. The smallest absolute Gasteiger partial charge is 1.00 e. The summed E-state index contributed by atoms with van der Waals surface area (Å²) >= 11 is 0. The average molecular weight is 604 g/mol. The van der Waals surface area contributed by atoms with Crippen molar-refractivity contribution in [3.8, 4) is 17.2 Å². The molecule has 0 atom stereocenters. The summed E-state index contributed by atoms with van der Waals surface area (Å²) in [6.45, 7) is 0. The molecule has 0 aliphatic rings. The second-order valence-electron chi connectivity index (χ2n) is 4.55. The molecule has 0 amide bonds. The molecule has 0 N–H and O–H groups in total. The van der Waals surface area contributed by atoms with Crippen LogP contribution in [-0.4, -0.2) is 47.5 Å². The largest absolute Gasteiger partial charge is 2.00 e. The monoisotopic (exact) mass is 603 g/mol. The quantitative estimate of drug-likeness (QED) is 0.349. The van der Waals surface area contributed by atoms with Crippen LogP contribution in [-0.2, 0) is 0 Å². The van der Waals surface area contributed by atoms with Crippen molar-refractivity contribution in [3.63, 3.8) is 0 Å². The van der Waals surface area contributed by atoms with E-state index in [2.05, 4.69) is 0 Å². The van der Waals surface area contributed by atoms with E-state index in [9.17, 15) is 0 Å². The number of halogens is 2. The number of hydrogen-bond donors (Lipinski definition) is 0. The van der Waals surface area contributed by atoms with Gasteiger partial charge in [-0.3, -0.25) is 0 Å². The topological polar surface area (TPSA) is 27.7 Å². The van der Waals surface area contributed by atoms with Gasteiger partial charge in [-0.05, 0) is 36.4 Å². The maximum absolute atomic E-state index is 4.91. The van der Waals surface area contributed by atoms with Crippen molar-refractivity contribution >= 4 is 26.2 Å². The van der Waals surface area contributed by atoms with Crippen LogP contribution in [0.15, 0.2) is 91.0 Å². The molecule has 3 radical (unpaired) electrons. The first-order valence-corrected chi connectivity index (χ1v) is 7.57. The van der Waals surface area contributed by atoms with Gasteiger partial charge in [0, 0.05) is 0 Å². The van der Waals surface area contributed by atoms with Gasteiger partial charge in [-0.15, -0.1) is 0 Å². The van der Waals surface area contributed by atoms with Gasteiger partial charge in [-0.25, -0.2) is 0 Å². The Bertz CT molecular complexity index is 547. The molecule has 3 nitrogen and oxygen atoms in total. The molecule has 27 heavy (non-hydrogen) atoms. The Morgan fingerprint density at radius 1 is 0.407 bits per heavy atom. The Morgan fingerprint density at radius 3 is 0.704 bits per heavy atom. The zero-order valence-corrected chi connectivity index (χ0v) is 20.6. The van der Waals surface area contributed by atoms with Gasteiger partial charge in [0.25, 0.3) is 0 Å². The van der Waals surface area contributed by atoms with Crippen LogP contribution in [0.5, 0.6) is 17.2 Å². The van der Waals surface area contributed by atoms with Crippen molar-refractivity contribution in [2.75, 3.05) is 21.3 Å². The molecule has 0 spiro atoms. The molecule has 3 aromatic rings. The Hall–Kier alpha value is -1.48. The molecule has 0 fully saturated rings. The van der Waals surface area contributed by atoms with Crippen LogP contribution >= 0.6 is 0 Å². The van der Waals surface area contributed by atoms with Crippen LogP contribution < -0.4 is 39.0 Å². The summed E-state index contributed by atoms with van der Waals surface area (Å²) in [7, 11) is 4.99. The number of rotatable bonds is 3. The van der Waals surface area contributed by atoms with Gasteiger partial charge < -0.3 is 39.0 Å². The van der Waals surface area contributed by atoms with Crippen molar-refractivity contribution in [1.82, 2.24) is 0 Å². The number of ether oxygens (including phenoxy) is 3. The van der Waals surface area contributed by atoms with Crippen molar-refractivity contribution in [2.45, 2.75) is 0 Å². The van der Waals surface area contributed by atoms with Crippen LogP contribution in [0.3, 0.4) is 0 Å². The number of benzene rings is 3. The minimum Gasteiger partial charge on any atom is -1.00 e. The van der Waals surface area contributed by atoms with E-state index < -0.39 is 0 Å². The van der Waals surface area contributed by atoms with E-state index in [1.807, 2.05) is 91.0 Å². The van der Waals surface area contributed by atoms with Crippen LogP contribution in [0.4, 0.5) is 0 Å². The predicted octanol–water partition coefficient (Wildman–Crippen LogP) is -1.29. The molecule has 0 aromatic heterocycles. The Labute approximate surface area is 194 Å². The maximum atomic E-state index is 4.91. The standard InChI is InChI=1S/3C7H8O.Bi.2ClH/c3*1-8-7-5-3-2-4-6-7;;;/h3*2-6H,1H3;;2*1H/q;;;+2;;/p-2. The molecular weight excluding hydrogens is 580 g/mol. The fraction of sp³-hybridized carbons (Fsp3) is 0.143. The van der Waals surface area contributed by atoms with E-state index in [4.69, 9.17) is 14.2 Å². The molecule has 3 aromatic carbocycles. The average Bonchev–Trinajstić information content (AvgIpc) is 2.71. The summed E-state index contributed by atoms with van der Waals surface area (Å²) < 4.78 is 14.7. The first-order valence-electron chi connectivity index (χ1n) is 7.57. The van der Waals surface area contributed by atoms with E-state index in [1.165, 1.54) is 0 Å². The van der Waals surface area contributed by atoms with Crippen LogP contribution in [0, 0.1) is 0 Å². The second kappa shape index (κ2) is 20.8. The first-order chi connectivity index (χ1) is 11.8. The molecule has 0 aliphatic carbocycles. The molecule has 0 saturated carbocycles. The van der Waals surface area contributed by atoms with Crippen LogP contribution in [0.25, 0.3) is 0 Å². The minimum atomic E-state index is 0. The minimum absolute atomic E-state index is 0. The second-order valence-corrected chi connectivity index (χ2v) is 4.55. The van der Waals surface area contributed by atoms with Gasteiger partial charge in [0.15, 0.2) is 0 Å². The molecule has 0 unspecified atom stereocenters. The third-order valence-electron chi connectivity index (χ3n) is 2.94. The molecular formula is C21H24BiCl2O3. The van der Waals surface area contributed by atoms with E-state index >= 15 is 0 Å². The summed E-state index contributed by atoms with van der Waals surface area (Å²) in [5.41, 5.74) is 0. The molecule has 145 valence electrons. The van der Waals surface area contributed by atoms with E-state index in [-0.39, 0.29) is 51.0 Å². The Morgan fingerprint density at radius 2 is 0.593 bits per heavy atom. The molecule has 0 aliphatic heterocycles. The summed E-state index contributed by atoms with van der Waals surface area (Å²) in [6, 6.07) is 29.0. The third-order valence-corrected chi connectivity index (χ3v) is 2.94. The zero-order valence-electron chi connectivity index (χ0n) is 15.6. The van der Waals surface area contributed by atoms with Crippen molar-refractivity contribution in [3.05, 3.63) is 91.0 Å². The summed E-state index contributed by atoms with van der Waals surface area (Å²) in [4.78, 5) is 0. The summed E-state index contributed by atoms with van der Waals surface area (Å²) in [5.74, 6) is 2.73.